The SMILES string of the molecule is COC(=O)C(C)C(C)N1CCC(C(F)(F)F)CC1. The standard InChI is InChI=1S/C12H20F3NO2/c1-8(11(17)18-3)9(2)16-6-4-10(5-7-16)12(13,14)15/h8-10H,4-7H2,1-3H3. The van der Waals surface area contributed by atoms with Crippen LogP contribution < -0.4 is 0 Å². The number of methoxy groups -OCH3 is 1. The van der Waals surface area contributed by atoms with E-state index in [1.807, 2.05) is 11.8 Å². The summed E-state index contributed by atoms with van der Waals surface area (Å²) in [5, 5.41) is 0. The highest BCUT2D eigenvalue weighted by atomic mass is 19.4. The Bertz CT molecular complexity index is 286. The smallest absolute Gasteiger partial charge is 0.391 e. The van der Waals surface area contributed by atoms with Crippen LogP contribution in [0.15, 0.2) is 0 Å². The molecule has 1 aliphatic heterocycles. The highest BCUT2D eigenvalue weighted by Crippen LogP contribution is 2.35. The fourth-order valence-corrected chi connectivity index (χ4v) is 2.33. The Morgan fingerprint density at radius 3 is 2.17 bits per heavy atom. The van der Waals surface area contributed by atoms with E-state index in [2.05, 4.69) is 4.74 Å². The Kier molecular flexibility index (Phi) is 5.01. The van der Waals surface area contributed by atoms with Crippen LogP contribution in [0.2, 0.25) is 0 Å². The Labute approximate surface area is 105 Å². The third-order valence-electron chi connectivity index (χ3n) is 3.87. The predicted octanol–water partition coefficient (Wildman–Crippen LogP) is 2.46. The van der Waals surface area contributed by atoms with Gasteiger partial charge in [0.1, 0.15) is 0 Å². The molecule has 0 aromatic rings. The maximum atomic E-state index is 12.5. The number of carbonyl (C=O) groups excluding carboxylic acids is 1. The normalized spacial score (nSPS) is 22.6. The first-order valence-electron chi connectivity index (χ1n) is 6.16. The van der Waals surface area contributed by atoms with Crippen LogP contribution in [0.1, 0.15) is 26.7 Å². The minimum absolute atomic E-state index is 0.0911. The summed E-state index contributed by atoms with van der Waals surface area (Å²) in [6.45, 7) is 4.36. The molecule has 0 aromatic carbocycles. The number of nitrogens with zero attached hydrogens (tertiary/aromatic N) is 1. The number of likely N-dealkylation sites (tertiary alicyclic amines) is 1. The maximum absolute atomic E-state index is 12.5. The number of piperidine rings is 1. The van der Waals surface area contributed by atoms with Gasteiger partial charge in [-0.15, -0.1) is 0 Å². The van der Waals surface area contributed by atoms with E-state index < -0.39 is 12.1 Å². The zero-order chi connectivity index (χ0) is 13.9. The van der Waals surface area contributed by atoms with E-state index in [9.17, 15) is 18.0 Å². The van der Waals surface area contributed by atoms with Gasteiger partial charge < -0.3 is 4.74 Å². The molecule has 0 radical (unpaired) electrons. The minimum atomic E-state index is -4.09. The molecule has 2 atom stereocenters. The summed E-state index contributed by atoms with van der Waals surface area (Å²) in [4.78, 5) is 13.3. The lowest BCUT2D eigenvalue weighted by Gasteiger charge is -2.38. The Morgan fingerprint density at radius 2 is 1.78 bits per heavy atom. The van der Waals surface area contributed by atoms with Crippen LogP contribution in [0.25, 0.3) is 0 Å². The summed E-state index contributed by atoms with van der Waals surface area (Å²) in [7, 11) is 1.32. The monoisotopic (exact) mass is 267 g/mol. The fourth-order valence-electron chi connectivity index (χ4n) is 2.33. The fraction of sp³-hybridized carbons (Fsp3) is 0.917. The van der Waals surface area contributed by atoms with Crippen molar-refractivity contribution in [2.75, 3.05) is 20.2 Å². The van der Waals surface area contributed by atoms with Crippen molar-refractivity contribution < 1.29 is 22.7 Å². The van der Waals surface area contributed by atoms with E-state index in [1.54, 1.807) is 6.92 Å². The topological polar surface area (TPSA) is 29.5 Å². The average molecular weight is 267 g/mol. The van der Waals surface area contributed by atoms with Crippen molar-refractivity contribution >= 4 is 5.97 Å². The second kappa shape index (κ2) is 5.91. The average Bonchev–Trinajstić information content (AvgIpc) is 2.35. The summed E-state index contributed by atoms with van der Waals surface area (Å²) >= 11 is 0. The molecular weight excluding hydrogens is 247 g/mol. The summed E-state index contributed by atoms with van der Waals surface area (Å²) < 4.78 is 42.2. The van der Waals surface area contributed by atoms with Gasteiger partial charge in [0.05, 0.1) is 18.9 Å². The number of ether oxygens (including phenoxy) is 1. The molecular formula is C12H20F3NO2. The highest BCUT2D eigenvalue weighted by molar-refractivity contribution is 5.72. The molecule has 1 rings (SSSR count). The summed E-state index contributed by atoms with van der Waals surface area (Å²) in [5.74, 6) is -1.84. The predicted molar refractivity (Wildman–Crippen MR) is 61.0 cm³/mol. The van der Waals surface area contributed by atoms with E-state index >= 15 is 0 Å². The van der Waals surface area contributed by atoms with Gasteiger partial charge in [-0.3, -0.25) is 9.69 Å². The Hall–Kier alpha value is -0.780. The molecule has 0 spiro atoms. The minimum Gasteiger partial charge on any atom is -0.469 e. The van der Waals surface area contributed by atoms with E-state index in [4.69, 9.17) is 0 Å². The van der Waals surface area contributed by atoms with Crippen molar-refractivity contribution in [3.8, 4) is 0 Å². The van der Waals surface area contributed by atoms with Crippen molar-refractivity contribution in [1.29, 1.82) is 0 Å². The molecule has 1 fully saturated rings. The number of hydrogen-bond donors (Lipinski definition) is 0. The van der Waals surface area contributed by atoms with Gasteiger partial charge >= 0.3 is 12.1 Å². The zero-order valence-electron chi connectivity index (χ0n) is 11.0. The Balaban J connectivity index is 2.50. The lowest BCUT2D eigenvalue weighted by molar-refractivity contribution is -0.187. The molecule has 2 unspecified atom stereocenters. The van der Waals surface area contributed by atoms with Crippen molar-refractivity contribution in [1.82, 2.24) is 4.90 Å². The molecule has 0 saturated carbocycles. The van der Waals surface area contributed by atoms with E-state index in [1.165, 1.54) is 7.11 Å². The van der Waals surface area contributed by atoms with Crippen LogP contribution in [0, 0.1) is 11.8 Å². The number of carbonyl (C=O) groups is 1. The molecule has 0 bridgehead atoms. The van der Waals surface area contributed by atoms with Crippen LogP contribution in [0.5, 0.6) is 0 Å². The molecule has 3 nitrogen and oxygen atoms in total. The van der Waals surface area contributed by atoms with Gasteiger partial charge in [-0.2, -0.15) is 13.2 Å². The highest BCUT2D eigenvalue weighted by Gasteiger charge is 2.42. The first-order valence-corrected chi connectivity index (χ1v) is 6.16. The van der Waals surface area contributed by atoms with Gasteiger partial charge in [-0.25, -0.2) is 0 Å². The molecule has 6 heteroatoms. The van der Waals surface area contributed by atoms with Crippen molar-refractivity contribution in [3.63, 3.8) is 0 Å². The Morgan fingerprint density at radius 1 is 1.28 bits per heavy atom. The molecule has 0 aliphatic carbocycles. The molecule has 1 heterocycles. The number of esters is 1. The number of hydrogen-bond acceptors (Lipinski definition) is 3. The van der Waals surface area contributed by atoms with E-state index in [0.717, 1.165) is 0 Å². The molecule has 106 valence electrons. The van der Waals surface area contributed by atoms with Gasteiger partial charge in [-0.05, 0) is 32.9 Å². The maximum Gasteiger partial charge on any atom is 0.391 e. The molecule has 0 aromatic heterocycles. The van der Waals surface area contributed by atoms with Gasteiger partial charge in [0.25, 0.3) is 0 Å². The van der Waals surface area contributed by atoms with Gasteiger partial charge in [0.15, 0.2) is 0 Å². The molecule has 0 amide bonds. The third-order valence-corrected chi connectivity index (χ3v) is 3.87. The number of alkyl halides is 3. The van der Waals surface area contributed by atoms with Crippen LogP contribution in [0.3, 0.4) is 0 Å². The first-order chi connectivity index (χ1) is 8.27. The van der Waals surface area contributed by atoms with E-state index in [0.29, 0.717) is 13.1 Å². The molecule has 0 N–H and O–H groups in total. The van der Waals surface area contributed by atoms with Crippen molar-refractivity contribution in [2.24, 2.45) is 11.8 Å². The summed E-state index contributed by atoms with van der Waals surface area (Å²) in [6.07, 6.45) is -3.87. The summed E-state index contributed by atoms with van der Waals surface area (Å²) in [6, 6.07) is -0.0911. The van der Waals surface area contributed by atoms with Gasteiger partial charge in [-0.1, -0.05) is 6.92 Å². The van der Waals surface area contributed by atoms with Crippen LogP contribution >= 0.6 is 0 Å². The number of halogens is 3. The zero-order valence-corrected chi connectivity index (χ0v) is 11.0. The molecule has 1 saturated heterocycles. The van der Waals surface area contributed by atoms with Crippen LogP contribution in [-0.4, -0.2) is 43.3 Å². The van der Waals surface area contributed by atoms with Gasteiger partial charge in [0, 0.05) is 6.04 Å². The van der Waals surface area contributed by atoms with Crippen LogP contribution in [0.4, 0.5) is 13.2 Å². The van der Waals surface area contributed by atoms with Crippen LogP contribution in [-0.2, 0) is 9.53 Å². The van der Waals surface area contributed by atoms with Crippen molar-refractivity contribution in [3.05, 3.63) is 0 Å². The lowest BCUT2D eigenvalue weighted by atomic mass is 9.93. The largest absolute Gasteiger partial charge is 0.469 e. The molecule has 18 heavy (non-hydrogen) atoms. The molecule has 1 aliphatic rings. The van der Waals surface area contributed by atoms with Gasteiger partial charge in [0.2, 0.25) is 0 Å². The lowest BCUT2D eigenvalue weighted by Crippen LogP contribution is -2.47. The second-order valence-corrected chi connectivity index (χ2v) is 4.90. The van der Waals surface area contributed by atoms with Crippen molar-refractivity contribution in [2.45, 2.75) is 38.9 Å². The quantitative estimate of drug-likeness (QED) is 0.736. The number of rotatable bonds is 3. The van der Waals surface area contributed by atoms with E-state index in [-0.39, 0.29) is 30.8 Å². The summed E-state index contributed by atoms with van der Waals surface area (Å²) in [5.41, 5.74) is 0. The first kappa shape index (κ1) is 15.3. The second-order valence-electron chi connectivity index (χ2n) is 4.90. The third kappa shape index (κ3) is 3.60.